The van der Waals surface area contributed by atoms with E-state index in [-0.39, 0.29) is 10.7 Å². The van der Waals surface area contributed by atoms with Crippen LogP contribution in [-0.4, -0.2) is 38.8 Å². The van der Waals surface area contributed by atoms with Gasteiger partial charge in [-0.25, -0.2) is 18.2 Å². The third kappa shape index (κ3) is 6.10. The molecule has 0 unspecified atom stereocenters. The Balaban J connectivity index is 1.58. The number of nitrogens with one attached hydrogen (secondary N) is 1. The van der Waals surface area contributed by atoms with Gasteiger partial charge in [0.2, 0.25) is 0 Å². The quantitative estimate of drug-likeness (QED) is 0.192. The number of hydrogen-bond acceptors (Lipinski definition) is 5. The van der Waals surface area contributed by atoms with Gasteiger partial charge in [-0.3, -0.25) is 9.10 Å². The van der Waals surface area contributed by atoms with Crippen LogP contribution in [0.3, 0.4) is 0 Å². The van der Waals surface area contributed by atoms with Gasteiger partial charge in [-0.2, -0.15) is 5.10 Å². The predicted molar refractivity (Wildman–Crippen MR) is 157 cm³/mol. The Morgan fingerprint density at radius 1 is 1.07 bits per heavy atom. The summed E-state index contributed by atoms with van der Waals surface area (Å²) in [7, 11) is -2.65. The number of carbonyl (C=O) groups is 1. The average Bonchev–Trinajstić information content (AvgIpc) is 3.20. The minimum atomic E-state index is -4.13. The Bertz CT molecular complexity index is 1680. The van der Waals surface area contributed by atoms with Gasteiger partial charge in [-0.05, 0) is 85.2 Å². The molecule has 0 bridgehead atoms. The molecule has 1 amide bonds. The molecule has 208 valence electrons. The predicted octanol–water partition coefficient (Wildman–Crippen LogP) is 5.66. The third-order valence-corrected chi connectivity index (χ3v) is 8.67. The van der Waals surface area contributed by atoms with Gasteiger partial charge in [0.15, 0.2) is 0 Å². The molecule has 1 aromatic heterocycles. The van der Waals surface area contributed by atoms with Gasteiger partial charge in [0, 0.05) is 17.0 Å². The van der Waals surface area contributed by atoms with E-state index in [2.05, 4.69) is 26.5 Å². The SMILES string of the molecule is COc1ccc(S(=O)(=O)N(CC(=O)N/N=C\c2cc(C)n(-c3ccccc3F)c2C)c2ccc(C)cc2)cc1Br. The van der Waals surface area contributed by atoms with Crippen LogP contribution in [0.5, 0.6) is 5.75 Å². The fourth-order valence-corrected chi connectivity index (χ4v) is 6.36. The molecule has 11 heteroatoms. The van der Waals surface area contributed by atoms with E-state index in [4.69, 9.17) is 4.74 Å². The molecule has 3 aromatic carbocycles. The summed E-state index contributed by atoms with van der Waals surface area (Å²) < 4.78 is 50.2. The molecule has 0 fully saturated rings. The van der Waals surface area contributed by atoms with Gasteiger partial charge < -0.3 is 9.30 Å². The summed E-state index contributed by atoms with van der Waals surface area (Å²) in [6, 6.07) is 19.5. The lowest BCUT2D eigenvalue weighted by molar-refractivity contribution is -0.119. The van der Waals surface area contributed by atoms with Gasteiger partial charge in [-0.15, -0.1) is 0 Å². The normalized spacial score (nSPS) is 11.6. The molecule has 4 aromatic rings. The van der Waals surface area contributed by atoms with Gasteiger partial charge in [0.05, 0.1) is 34.1 Å². The van der Waals surface area contributed by atoms with Crippen molar-refractivity contribution in [3.05, 3.63) is 106 Å². The van der Waals surface area contributed by atoms with E-state index >= 15 is 0 Å². The topological polar surface area (TPSA) is 93.0 Å². The lowest BCUT2D eigenvalue weighted by Gasteiger charge is -2.24. The fraction of sp³-hybridized carbons (Fsp3) is 0.172. The van der Waals surface area contributed by atoms with Gasteiger partial charge in [0.25, 0.3) is 15.9 Å². The number of hydrogen-bond donors (Lipinski definition) is 1. The zero-order valence-electron chi connectivity index (χ0n) is 22.4. The van der Waals surface area contributed by atoms with Gasteiger partial charge >= 0.3 is 0 Å². The van der Waals surface area contributed by atoms with Crippen molar-refractivity contribution >= 4 is 43.8 Å². The Morgan fingerprint density at radius 2 is 1.77 bits per heavy atom. The molecule has 8 nitrogen and oxygen atoms in total. The van der Waals surface area contributed by atoms with E-state index in [1.165, 1.54) is 37.6 Å². The molecule has 1 heterocycles. The second-order valence-electron chi connectivity index (χ2n) is 9.05. The highest BCUT2D eigenvalue weighted by Gasteiger charge is 2.28. The summed E-state index contributed by atoms with van der Waals surface area (Å²) in [5.41, 5.74) is 6.28. The highest BCUT2D eigenvalue weighted by molar-refractivity contribution is 9.10. The van der Waals surface area contributed by atoms with Crippen molar-refractivity contribution in [3.8, 4) is 11.4 Å². The number of rotatable bonds is 9. The molecule has 0 spiro atoms. The highest BCUT2D eigenvalue weighted by atomic mass is 79.9. The molecule has 0 aliphatic heterocycles. The van der Waals surface area contributed by atoms with E-state index in [1.54, 1.807) is 47.0 Å². The Kier molecular flexibility index (Phi) is 8.75. The first-order valence-corrected chi connectivity index (χ1v) is 14.4. The molecule has 0 atom stereocenters. The molecule has 0 radical (unpaired) electrons. The van der Waals surface area contributed by atoms with Crippen molar-refractivity contribution in [2.24, 2.45) is 5.10 Å². The standard InChI is InChI=1S/C29H28BrFN4O4S/c1-19-9-11-23(12-10-19)34(40(37,38)24-13-14-28(39-4)25(30)16-24)18-29(36)33-32-17-22-15-20(2)35(21(22)3)27-8-6-5-7-26(27)31/h5-17H,18H2,1-4H3,(H,33,36)/b32-17-. The number of halogens is 2. The number of aryl methyl sites for hydroxylation is 2. The molecule has 0 saturated heterocycles. The lowest BCUT2D eigenvalue weighted by Crippen LogP contribution is -2.39. The minimum Gasteiger partial charge on any atom is -0.496 e. The average molecular weight is 628 g/mol. The van der Waals surface area contributed by atoms with Crippen LogP contribution < -0.4 is 14.5 Å². The summed E-state index contributed by atoms with van der Waals surface area (Å²) in [4.78, 5) is 12.9. The summed E-state index contributed by atoms with van der Waals surface area (Å²) in [6.07, 6.45) is 1.45. The molecular weight excluding hydrogens is 599 g/mol. The molecule has 40 heavy (non-hydrogen) atoms. The number of anilines is 1. The largest absolute Gasteiger partial charge is 0.496 e. The second-order valence-corrected chi connectivity index (χ2v) is 11.8. The number of nitrogens with zero attached hydrogens (tertiary/aromatic N) is 3. The number of para-hydroxylation sites is 1. The van der Waals surface area contributed by atoms with Crippen LogP contribution in [0.25, 0.3) is 5.69 Å². The van der Waals surface area contributed by atoms with Crippen LogP contribution in [0.1, 0.15) is 22.5 Å². The van der Waals surface area contributed by atoms with E-state index < -0.39 is 22.5 Å². The number of methoxy groups -OCH3 is 1. The van der Waals surface area contributed by atoms with E-state index in [9.17, 15) is 17.6 Å². The maximum atomic E-state index is 14.4. The van der Waals surface area contributed by atoms with Crippen LogP contribution in [0.4, 0.5) is 10.1 Å². The van der Waals surface area contributed by atoms with E-state index in [0.717, 1.165) is 21.3 Å². The molecule has 0 aliphatic carbocycles. The molecule has 1 N–H and O–H groups in total. The van der Waals surface area contributed by atoms with Crippen molar-refractivity contribution in [2.75, 3.05) is 18.0 Å². The van der Waals surface area contributed by atoms with Crippen LogP contribution in [0.2, 0.25) is 0 Å². The van der Waals surface area contributed by atoms with Gasteiger partial charge in [-0.1, -0.05) is 29.8 Å². The van der Waals surface area contributed by atoms with Crippen molar-refractivity contribution in [1.82, 2.24) is 9.99 Å². The molecular formula is C29H28BrFN4O4S. The number of carbonyl (C=O) groups excluding carboxylic acids is 1. The van der Waals surface area contributed by atoms with Crippen LogP contribution in [-0.2, 0) is 14.8 Å². The summed E-state index contributed by atoms with van der Waals surface area (Å²) >= 11 is 3.32. The monoisotopic (exact) mass is 626 g/mol. The van der Waals surface area contributed by atoms with Crippen LogP contribution in [0.15, 0.2) is 87.3 Å². The van der Waals surface area contributed by atoms with Gasteiger partial charge in [0.1, 0.15) is 18.1 Å². The first kappa shape index (κ1) is 29.0. The first-order chi connectivity index (χ1) is 19.0. The van der Waals surface area contributed by atoms with Crippen molar-refractivity contribution in [1.29, 1.82) is 0 Å². The zero-order chi connectivity index (χ0) is 29.0. The van der Waals surface area contributed by atoms with Crippen LogP contribution >= 0.6 is 15.9 Å². The third-order valence-electron chi connectivity index (χ3n) is 6.28. The maximum absolute atomic E-state index is 14.4. The summed E-state index contributed by atoms with van der Waals surface area (Å²) in [5.74, 6) is -0.527. The Hall–Kier alpha value is -3.96. The number of sulfonamides is 1. The Labute approximate surface area is 241 Å². The van der Waals surface area contributed by atoms with E-state index in [0.29, 0.717) is 27.2 Å². The summed E-state index contributed by atoms with van der Waals surface area (Å²) in [5, 5.41) is 4.05. The van der Waals surface area contributed by atoms with E-state index in [1.807, 2.05) is 26.8 Å². The number of amides is 1. The molecule has 0 saturated carbocycles. The van der Waals surface area contributed by atoms with Crippen molar-refractivity contribution in [2.45, 2.75) is 25.7 Å². The smallest absolute Gasteiger partial charge is 0.264 e. The molecule has 0 aliphatic rings. The number of hydrazone groups is 1. The maximum Gasteiger partial charge on any atom is 0.264 e. The Morgan fingerprint density at radius 3 is 2.42 bits per heavy atom. The number of ether oxygens (including phenoxy) is 1. The first-order valence-electron chi connectivity index (χ1n) is 12.2. The summed E-state index contributed by atoms with van der Waals surface area (Å²) in [6.45, 7) is 5.03. The lowest BCUT2D eigenvalue weighted by atomic mass is 10.2. The number of aromatic nitrogens is 1. The fourth-order valence-electron chi connectivity index (χ4n) is 4.22. The minimum absolute atomic E-state index is 0.0161. The van der Waals surface area contributed by atoms with Crippen LogP contribution in [0, 0.1) is 26.6 Å². The highest BCUT2D eigenvalue weighted by Crippen LogP contribution is 2.31. The number of benzene rings is 3. The molecule has 4 rings (SSSR count). The van der Waals surface area contributed by atoms with Crippen molar-refractivity contribution < 1.29 is 22.3 Å². The second kappa shape index (κ2) is 12.1. The zero-order valence-corrected chi connectivity index (χ0v) is 24.8. The van der Waals surface area contributed by atoms with Crippen molar-refractivity contribution in [3.63, 3.8) is 0 Å².